The summed E-state index contributed by atoms with van der Waals surface area (Å²) >= 11 is 0. The van der Waals surface area contributed by atoms with Crippen LogP contribution in [0.2, 0.25) is 0 Å². The van der Waals surface area contributed by atoms with Gasteiger partial charge in [-0.25, -0.2) is 26.9 Å². The van der Waals surface area contributed by atoms with Gasteiger partial charge in [-0.15, -0.1) is 0 Å². The van der Waals surface area contributed by atoms with E-state index in [0.29, 0.717) is 10.8 Å². The van der Waals surface area contributed by atoms with Crippen molar-refractivity contribution >= 4 is 38.5 Å². The molecule has 1 saturated heterocycles. The minimum absolute atomic E-state index is 0.0337. The average molecular weight is 694 g/mol. The van der Waals surface area contributed by atoms with E-state index in [4.69, 9.17) is 14.2 Å². The van der Waals surface area contributed by atoms with Crippen molar-refractivity contribution < 1.29 is 45.8 Å². The molecule has 2 aliphatic carbocycles. The van der Waals surface area contributed by atoms with Crippen molar-refractivity contribution in [3.63, 3.8) is 0 Å². The summed E-state index contributed by atoms with van der Waals surface area (Å²) in [5, 5.41) is 3.96. The number of aromatic nitrogens is 1. The van der Waals surface area contributed by atoms with Gasteiger partial charge in [-0.2, -0.15) is 0 Å². The van der Waals surface area contributed by atoms with Crippen molar-refractivity contribution in [2.24, 2.45) is 5.92 Å². The van der Waals surface area contributed by atoms with E-state index in [9.17, 15) is 31.6 Å². The van der Waals surface area contributed by atoms with Crippen molar-refractivity contribution in [3.05, 3.63) is 42.7 Å². The first-order valence-electron chi connectivity index (χ1n) is 15.6. The number of methoxy groups -OCH3 is 1. The first-order chi connectivity index (χ1) is 22.3. The van der Waals surface area contributed by atoms with Crippen LogP contribution in [0.4, 0.5) is 8.78 Å². The van der Waals surface area contributed by atoms with Crippen LogP contribution in [0.5, 0.6) is 11.6 Å². The van der Waals surface area contributed by atoms with E-state index in [1.165, 1.54) is 30.3 Å². The molecule has 2 saturated carbocycles. The number of nitrogens with zero attached hydrogens (tertiary/aromatic N) is 2. The number of ether oxygens (including phenoxy) is 3. The van der Waals surface area contributed by atoms with Gasteiger partial charge in [0.15, 0.2) is 17.4 Å². The lowest BCUT2D eigenvalue weighted by Crippen LogP contribution is -2.58. The molecule has 48 heavy (non-hydrogen) atoms. The lowest BCUT2D eigenvalue weighted by Gasteiger charge is -2.30. The second-order valence-electron chi connectivity index (χ2n) is 13.7. The Labute approximate surface area is 277 Å². The van der Waals surface area contributed by atoms with E-state index in [-0.39, 0.29) is 49.7 Å². The van der Waals surface area contributed by atoms with Gasteiger partial charge in [0.1, 0.15) is 29.3 Å². The molecule has 3 aliphatic rings. The van der Waals surface area contributed by atoms with E-state index in [1.54, 1.807) is 19.9 Å². The summed E-state index contributed by atoms with van der Waals surface area (Å²) < 4.78 is 72.7. The second-order valence-corrected chi connectivity index (χ2v) is 15.6. The van der Waals surface area contributed by atoms with Gasteiger partial charge in [-0.1, -0.05) is 6.92 Å². The molecule has 3 amide bonds. The number of amides is 3. The molecule has 2 aromatic rings. The summed E-state index contributed by atoms with van der Waals surface area (Å²) in [5.41, 5.74) is -2.21. The number of rotatable bonds is 12. The standard InChI is InChI=1S/C32H41F2N5O8S/c1-17-15-32(17,29(42)38-48(43,44)31(34)9-10-31)37-26(40)24-13-21(16-39(24)28(41)18(2)36-19(3)47-30(4,5)6)46-27-22-14-23(33)25(45-7)12-20(22)8-11-35-27/h8,11-12,14,17-18,21,24,36H,3,9-10,13,15-16H2,1-2,4-7H3,(H,37,40)(H,38,42)/t17-,18+,21-,24+,32-/m1/s1. The van der Waals surface area contributed by atoms with E-state index >= 15 is 0 Å². The number of benzene rings is 1. The van der Waals surface area contributed by atoms with Crippen LogP contribution >= 0.6 is 0 Å². The first-order valence-corrected chi connectivity index (χ1v) is 17.1. The zero-order chi connectivity index (χ0) is 35.4. The summed E-state index contributed by atoms with van der Waals surface area (Å²) in [6.45, 7) is 12.4. The number of hydrogen-bond donors (Lipinski definition) is 3. The number of halogens is 2. The van der Waals surface area contributed by atoms with Crippen molar-refractivity contribution in [2.75, 3.05) is 13.7 Å². The molecule has 262 valence electrons. The summed E-state index contributed by atoms with van der Waals surface area (Å²) in [4.78, 5) is 46.4. The van der Waals surface area contributed by atoms with E-state index in [2.05, 4.69) is 22.2 Å². The third kappa shape index (κ3) is 6.98. The molecule has 3 N–H and O–H groups in total. The van der Waals surface area contributed by atoms with Crippen LogP contribution in [0, 0.1) is 11.7 Å². The van der Waals surface area contributed by atoms with Gasteiger partial charge in [0.25, 0.3) is 15.9 Å². The van der Waals surface area contributed by atoms with Crippen LogP contribution in [-0.4, -0.2) is 84.0 Å². The van der Waals surface area contributed by atoms with Gasteiger partial charge in [0, 0.05) is 30.8 Å². The fourth-order valence-electron chi connectivity index (χ4n) is 5.83. The maximum absolute atomic E-state index is 14.6. The predicted octanol–water partition coefficient (Wildman–Crippen LogP) is 2.80. The zero-order valence-corrected chi connectivity index (χ0v) is 28.5. The highest BCUT2D eigenvalue weighted by molar-refractivity contribution is 7.91. The molecular weight excluding hydrogens is 652 g/mol. The van der Waals surface area contributed by atoms with E-state index in [0.717, 1.165) is 0 Å². The molecule has 5 rings (SSSR count). The van der Waals surface area contributed by atoms with Crippen molar-refractivity contribution in [1.82, 2.24) is 25.2 Å². The number of nitrogens with one attached hydrogen (secondary N) is 3. The Morgan fingerprint density at radius 2 is 1.88 bits per heavy atom. The Morgan fingerprint density at radius 1 is 1.21 bits per heavy atom. The van der Waals surface area contributed by atoms with Crippen molar-refractivity contribution in [2.45, 2.75) is 94.6 Å². The molecule has 0 unspecified atom stereocenters. The Balaban J connectivity index is 1.38. The second kappa shape index (κ2) is 12.3. The third-order valence-corrected chi connectivity index (χ3v) is 10.5. The molecule has 0 radical (unpaired) electrons. The smallest absolute Gasteiger partial charge is 0.270 e. The molecule has 2 heterocycles. The molecule has 0 spiro atoms. The minimum atomic E-state index is -4.61. The molecule has 16 heteroatoms. The van der Waals surface area contributed by atoms with Gasteiger partial charge in [-0.05, 0) is 70.2 Å². The Hall–Kier alpha value is -4.21. The lowest BCUT2D eigenvalue weighted by atomic mass is 10.1. The van der Waals surface area contributed by atoms with Gasteiger partial charge in [0.2, 0.25) is 22.7 Å². The van der Waals surface area contributed by atoms with Crippen LogP contribution in [0.15, 0.2) is 36.9 Å². The summed E-state index contributed by atoms with van der Waals surface area (Å²) in [5.74, 6) is -3.14. The normalized spacial score (nSPS) is 25.1. The summed E-state index contributed by atoms with van der Waals surface area (Å²) in [7, 11) is -3.26. The van der Waals surface area contributed by atoms with Gasteiger partial charge in [-0.3, -0.25) is 14.4 Å². The van der Waals surface area contributed by atoms with Crippen molar-refractivity contribution in [1.29, 1.82) is 0 Å². The molecule has 13 nitrogen and oxygen atoms in total. The highest BCUT2D eigenvalue weighted by Crippen LogP contribution is 2.47. The number of carbonyl (C=O) groups is 3. The molecule has 1 aliphatic heterocycles. The van der Waals surface area contributed by atoms with Gasteiger partial charge < -0.3 is 29.7 Å². The predicted molar refractivity (Wildman–Crippen MR) is 170 cm³/mol. The molecule has 1 aromatic heterocycles. The molecule has 0 bridgehead atoms. The number of sulfonamides is 1. The maximum Gasteiger partial charge on any atom is 0.270 e. The largest absolute Gasteiger partial charge is 0.494 e. The first kappa shape index (κ1) is 35.1. The van der Waals surface area contributed by atoms with Crippen LogP contribution in [0.25, 0.3) is 10.8 Å². The Bertz CT molecular complexity index is 1760. The zero-order valence-electron chi connectivity index (χ0n) is 27.7. The van der Waals surface area contributed by atoms with Crippen LogP contribution < -0.4 is 24.8 Å². The maximum atomic E-state index is 14.6. The van der Waals surface area contributed by atoms with Crippen LogP contribution in [0.1, 0.15) is 60.3 Å². The van der Waals surface area contributed by atoms with Crippen LogP contribution in [-0.2, 0) is 29.1 Å². The fraction of sp³-hybridized carbons (Fsp3) is 0.562. The molecule has 5 atom stereocenters. The van der Waals surface area contributed by atoms with Gasteiger partial charge in [0.05, 0.1) is 13.7 Å². The van der Waals surface area contributed by atoms with Crippen LogP contribution in [0.3, 0.4) is 0 Å². The summed E-state index contributed by atoms with van der Waals surface area (Å²) in [6.07, 6.45) is 0.289. The van der Waals surface area contributed by atoms with E-state index in [1.807, 2.05) is 25.5 Å². The SMILES string of the molecule is C=C(N[C@@H](C)C(=O)N1C[C@H](Oc2nccc3cc(OC)c(F)cc23)C[C@H]1C(=O)N[C@]1(C(=O)NS(=O)(=O)C2(F)CC2)C[C@H]1C)OC(C)(C)C. The number of carbonyl (C=O) groups excluding carboxylic acids is 3. The average Bonchev–Trinajstić information content (AvgIpc) is 3.84. The highest BCUT2D eigenvalue weighted by Gasteiger charge is 2.63. The molecular formula is C32H41F2N5O8S. The monoisotopic (exact) mass is 693 g/mol. The highest BCUT2D eigenvalue weighted by atomic mass is 32.2. The molecule has 3 fully saturated rings. The fourth-order valence-corrected chi connectivity index (χ4v) is 7.08. The number of pyridine rings is 1. The number of hydrogen-bond acceptors (Lipinski definition) is 10. The number of alkyl halides is 1. The number of likely N-dealkylation sites (tertiary alicyclic amines) is 1. The minimum Gasteiger partial charge on any atom is -0.494 e. The Morgan fingerprint density at radius 3 is 2.46 bits per heavy atom. The quantitative estimate of drug-likeness (QED) is 0.282. The topological polar surface area (TPSA) is 165 Å². The van der Waals surface area contributed by atoms with Crippen molar-refractivity contribution in [3.8, 4) is 11.6 Å². The molecule has 1 aromatic carbocycles. The van der Waals surface area contributed by atoms with Gasteiger partial charge >= 0.3 is 0 Å². The third-order valence-electron chi connectivity index (χ3n) is 8.72. The Kier molecular flexibility index (Phi) is 9.03. The van der Waals surface area contributed by atoms with E-state index < -0.39 is 73.8 Å². The summed E-state index contributed by atoms with van der Waals surface area (Å²) in [6, 6.07) is 2.29. The number of fused-ring (bicyclic) bond motifs is 1. The lowest BCUT2D eigenvalue weighted by molar-refractivity contribution is -0.141.